The summed E-state index contributed by atoms with van der Waals surface area (Å²) in [5.41, 5.74) is 0. The molecule has 2 rings (SSSR count). The van der Waals surface area contributed by atoms with E-state index in [4.69, 9.17) is 0 Å². The molecule has 0 aliphatic carbocycles. The molecule has 15 heavy (non-hydrogen) atoms. The zero-order valence-corrected chi connectivity index (χ0v) is 10.1. The number of hydrogen-bond donors (Lipinski definition) is 2. The number of piperidine rings is 1. The van der Waals surface area contributed by atoms with Crippen molar-refractivity contribution in [2.45, 2.75) is 38.8 Å². The van der Waals surface area contributed by atoms with Crippen molar-refractivity contribution in [1.29, 1.82) is 0 Å². The first-order chi connectivity index (χ1) is 7.27. The molecule has 2 aliphatic heterocycles. The number of hydrogen-bond acceptors (Lipinski definition) is 3. The Labute approximate surface area is 93.6 Å². The molecule has 2 heterocycles. The van der Waals surface area contributed by atoms with E-state index in [9.17, 15) is 0 Å². The Hall–Kier alpha value is -0.120. The standard InChI is InChI=1S/C12H25N3/c1-10(2)12-9-15(7-6-14-12)11-4-3-5-13-8-11/h10-14H,3-9H2,1-2H3. The highest BCUT2D eigenvalue weighted by Crippen LogP contribution is 2.15. The van der Waals surface area contributed by atoms with Crippen molar-refractivity contribution in [2.75, 3.05) is 32.7 Å². The van der Waals surface area contributed by atoms with Crippen LogP contribution in [0.4, 0.5) is 0 Å². The van der Waals surface area contributed by atoms with Gasteiger partial charge in [0.1, 0.15) is 0 Å². The Morgan fingerprint density at radius 1 is 1.27 bits per heavy atom. The Balaban J connectivity index is 1.85. The second-order valence-corrected chi connectivity index (χ2v) is 5.30. The van der Waals surface area contributed by atoms with E-state index in [1.165, 1.54) is 45.6 Å². The van der Waals surface area contributed by atoms with Crippen molar-refractivity contribution >= 4 is 0 Å². The first-order valence-electron chi connectivity index (χ1n) is 6.45. The molecule has 0 spiro atoms. The third-order valence-electron chi connectivity index (χ3n) is 3.83. The average molecular weight is 211 g/mol. The molecule has 2 saturated heterocycles. The SMILES string of the molecule is CC(C)C1CN(C2CCCNC2)CCN1. The molecular formula is C12H25N3. The van der Waals surface area contributed by atoms with Crippen molar-refractivity contribution < 1.29 is 0 Å². The maximum atomic E-state index is 3.63. The van der Waals surface area contributed by atoms with Gasteiger partial charge in [0.05, 0.1) is 0 Å². The number of nitrogens with zero attached hydrogens (tertiary/aromatic N) is 1. The topological polar surface area (TPSA) is 27.3 Å². The number of rotatable bonds is 2. The van der Waals surface area contributed by atoms with E-state index >= 15 is 0 Å². The van der Waals surface area contributed by atoms with Gasteiger partial charge in [0, 0.05) is 38.3 Å². The van der Waals surface area contributed by atoms with Crippen molar-refractivity contribution in [3.8, 4) is 0 Å². The van der Waals surface area contributed by atoms with Gasteiger partial charge < -0.3 is 10.6 Å². The van der Waals surface area contributed by atoms with Crippen LogP contribution in [0, 0.1) is 5.92 Å². The summed E-state index contributed by atoms with van der Waals surface area (Å²) in [7, 11) is 0. The molecule has 2 fully saturated rings. The highest BCUT2D eigenvalue weighted by Gasteiger charge is 2.27. The first kappa shape index (κ1) is 11.4. The van der Waals surface area contributed by atoms with Gasteiger partial charge in [-0.3, -0.25) is 4.90 Å². The second-order valence-electron chi connectivity index (χ2n) is 5.30. The van der Waals surface area contributed by atoms with Gasteiger partial charge in [0.2, 0.25) is 0 Å². The summed E-state index contributed by atoms with van der Waals surface area (Å²) in [4.78, 5) is 2.69. The third kappa shape index (κ3) is 2.92. The van der Waals surface area contributed by atoms with Crippen LogP contribution in [0.2, 0.25) is 0 Å². The van der Waals surface area contributed by atoms with Crippen LogP contribution < -0.4 is 10.6 Å². The summed E-state index contributed by atoms with van der Waals surface area (Å²) >= 11 is 0. The van der Waals surface area contributed by atoms with Crippen LogP contribution in [0.25, 0.3) is 0 Å². The summed E-state index contributed by atoms with van der Waals surface area (Å²) in [5.74, 6) is 0.754. The van der Waals surface area contributed by atoms with E-state index in [1.54, 1.807) is 0 Å². The van der Waals surface area contributed by atoms with Crippen LogP contribution in [0.1, 0.15) is 26.7 Å². The van der Waals surface area contributed by atoms with Gasteiger partial charge in [0.25, 0.3) is 0 Å². The molecule has 2 atom stereocenters. The van der Waals surface area contributed by atoms with Crippen LogP contribution in [-0.2, 0) is 0 Å². The molecule has 0 bridgehead atoms. The van der Waals surface area contributed by atoms with Gasteiger partial charge in [-0.05, 0) is 25.3 Å². The largest absolute Gasteiger partial charge is 0.315 e. The summed E-state index contributed by atoms with van der Waals surface area (Å²) in [6, 6.07) is 1.49. The molecule has 0 radical (unpaired) electrons. The molecule has 3 nitrogen and oxygen atoms in total. The van der Waals surface area contributed by atoms with Gasteiger partial charge in [-0.2, -0.15) is 0 Å². The molecule has 2 N–H and O–H groups in total. The Morgan fingerprint density at radius 2 is 2.13 bits per heavy atom. The fourth-order valence-corrected chi connectivity index (χ4v) is 2.73. The van der Waals surface area contributed by atoms with Crippen LogP contribution in [0.5, 0.6) is 0 Å². The van der Waals surface area contributed by atoms with Crippen LogP contribution >= 0.6 is 0 Å². The fourth-order valence-electron chi connectivity index (χ4n) is 2.73. The molecule has 0 amide bonds. The zero-order chi connectivity index (χ0) is 10.7. The van der Waals surface area contributed by atoms with Gasteiger partial charge in [-0.25, -0.2) is 0 Å². The lowest BCUT2D eigenvalue weighted by Gasteiger charge is -2.41. The lowest BCUT2D eigenvalue weighted by Crippen LogP contribution is -2.58. The van der Waals surface area contributed by atoms with E-state index < -0.39 is 0 Å². The first-order valence-corrected chi connectivity index (χ1v) is 6.45. The normalized spacial score (nSPS) is 34.6. The Morgan fingerprint density at radius 3 is 2.80 bits per heavy atom. The molecule has 0 saturated carbocycles. The van der Waals surface area contributed by atoms with Crippen molar-refractivity contribution in [3.05, 3.63) is 0 Å². The molecule has 88 valence electrons. The lowest BCUT2D eigenvalue weighted by molar-refractivity contribution is 0.109. The van der Waals surface area contributed by atoms with Crippen LogP contribution in [0.15, 0.2) is 0 Å². The zero-order valence-electron chi connectivity index (χ0n) is 10.1. The van der Waals surface area contributed by atoms with E-state index in [2.05, 4.69) is 29.4 Å². The van der Waals surface area contributed by atoms with E-state index in [1.807, 2.05) is 0 Å². The summed E-state index contributed by atoms with van der Waals surface area (Å²) in [6.45, 7) is 10.7. The smallest absolute Gasteiger partial charge is 0.0222 e. The van der Waals surface area contributed by atoms with Gasteiger partial charge >= 0.3 is 0 Å². The second kappa shape index (κ2) is 5.28. The third-order valence-corrected chi connectivity index (χ3v) is 3.83. The summed E-state index contributed by atoms with van der Waals surface area (Å²) in [6.07, 6.45) is 2.73. The Kier molecular flexibility index (Phi) is 4.00. The quantitative estimate of drug-likeness (QED) is 0.703. The van der Waals surface area contributed by atoms with Gasteiger partial charge in [0.15, 0.2) is 0 Å². The van der Waals surface area contributed by atoms with Crippen LogP contribution in [0.3, 0.4) is 0 Å². The van der Waals surface area contributed by atoms with Crippen molar-refractivity contribution in [1.82, 2.24) is 15.5 Å². The van der Waals surface area contributed by atoms with Crippen LogP contribution in [-0.4, -0.2) is 49.7 Å². The van der Waals surface area contributed by atoms with Crippen molar-refractivity contribution in [3.63, 3.8) is 0 Å². The number of nitrogens with one attached hydrogen (secondary N) is 2. The minimum Gasteiger partial charge on any atom is -0.315 e. The monoisotopic (exact) mass is 211 g/mol. The lowest BCUT2D eigenvalue weighted by atomic mass is 9.98. The number of piperazine rings is 1. The van der Waals surface area contributed by atoms with E-state index in [0.717, 1.165) is 12.0 Å². The summed E-state index contributed by atoms with van der Waals surface area (Å²) in [5, 5.41) is 7.14. The van der Waals surface area contributed by atoms with Gasteiger partial charge in [-0.1, -0.05) is 13.8 Å². The maximum absolute atomic E-state index is 3.63. The van der Waals surface area contributed by atoms with E-state index in [0.29, 0.717) is 6.04 Å². The molecule has 2 unspecified atom stereocenters. The average Bonchev–Trinajstić information content (AvgIpc) is 2.30. The van der Waals surface area contributed by atoms with E-state index in [-0.39, 0.29) is 0 Å². The minimum atomic E-state index is 0.695. The minimum absolute atomic E-state index is 0.695. The predicted molar refractivity (Wildman–Crippen MR) is 64.1 cm³/mol. The van der Waals surface area contributed by atoms with Crippen molar-refractivity contribution in [2.24, 2.45) is 5.92 Å². The maximum Gasteiger partial charge on any atom is 0.0222 e. The molecule has 2 aliphatic rings. The highest BCUT2D eigenvalue weighted by atomic mass is 15.2. The predicted octanol–water partition coefficient (Wildman–Crippen LogP) is 0.668. The Bertz CT molecular complexity index is 187. The molecule has 3 heteroatoms. The molecule has 0 aromatic carbocycles. The summed E-state index contributed by atoms with van der Waals surface area (Å²) < 4.78 is 0. The molecular weight excluding hydrogens is 186 g/mol. The fraction of sp³-hybridized carbons (Fsp3) is 1.00. The highest BCUT2D eigenvalue weighted by molar-refractivity contribution is 4.87. The molecule has 0 aromatic rings. The van der Waals surface area contributed by atoms with Gasteiger partial charge in [-0.15, -0.1) is 0 Å². The molecule has 0 aromatic heterocycles.